The number of carbonyl (C=O) groups is 1. The number of hydrogen-bond acceptors (Lipinski definition) is 5. The molecule has 0 amide bonds. The summed E-state index contributed by atoms with van der Waals surface area (Å²) in [6, 6.07) is 0. The van der Waals surface area contributed by atoms with Crippen LogP contribution in [-0.4, -0.2) is 26.3 Å². The summed E-state index contributed by atoms with van der Waals surface area (Å²) in [5.74, 6) is -2.25. The molecule has 1 aromatic rings. The van der Waals surface area contributed by atoms with E-state index >= 15 is 0 Å². The van der Waals surface area contributed by atoms with Crippen LogP contribution in [0.4, 0.5) is 0 Å². The highest BCUT2D eigenvalue weighted by Gasteiger charge is 2.30. The molecule has 1 heterocycles. The highest BCUT2D eigenvalue weighted by molar-refractivity contribution is 5.77. The summed E-state index contributed by atoms with van der Waals surface area (Å²) in [7, 11) is 0. The van der Waals surface area contributed by atoms with Gasteiger partial charge in [0.25, 0.3) is 0 Å². The van der Waals surface area contributed by atoms with E-state index in [0.717, 1.165) is 0 Å². The molecule has 14 heavy (non-hydrogen) atoms. The summed E-state index contributed by atoms with van der Waals surface area (Å²) in [4.78, 5) is 33.8. The number of carboxylic acid groups (broad SMARTS) is 1. The van der Waals surface area contributed by atoms with Crippen LogP contribution in [0.3, 0.4) is 0 Å². The van der Waals surface area contributed by atoms with Crippen LogP contribution in [0.5, 0.6) is 0 Å². The van der Waals surface area contributed by atoms with Gasteiger partial charge in [-0.15, -0.1) is 4.74 Å². The standard InChI is InChI=1S/C6H9N3O5/c1-6(7,3(10)11)2-9-4(12)8-5(13)14-9/h2,7H2,1H3,(H,10,11)(H,8,12,13)/t6-/m0/s1. The molecule has 0 spiro atoms. The Labute approximate surface area is 76.9 Å². The summed E-state index contributed by atoms with van der Waals surface area (Å²) in [6.45, 7) is 0.786. The van der Waals surface area contributed by atoms with Crippen molar-refractivity contribution in [2.75, 3.05) is 0 Å². The van der Waals surface area contributed by atoms with E-state index in [-0.39, 0.29) is 0 Å². The molecular formula is C6H9N3O5. The molecule has 1 atom stereocenters. The van der Waals surface area contributed by atoms with Gasteiger partial charge in [0.2, 0.25) is 0 Å². The number of aromatic amines is 1. The van der Waals surface area contributed by atoms with Gasteiger partial charge in [0.05, 0.1) is 6.54 Å². The minimum absolute atomic E-state index is 0.417. The van der Waals surface area contributed by atoms with Crippen LogP contribution in [0.25, 0.3) is 0 Å². The first kappa shape index (κ1) is 10.3. The number of rotatable bonds is 3. The van der Waals surface area contributed by atoms with Gasteiger partial charge in [0, 0.05) is 0 Å². The first-order valence-electron chi connectivity index (χ1n) is 3.65. The third kappa shape index (κ3) is 1.91. The van der Waals surface area contributed by atoms with Gasteiger partial charge in [0.1, 0.15) is 5.54 Å². The molecule has 0 aliphatic carbocycles. The smallest absolute Gasteiger partial charge is 0.440 e. The van der Waals surface area contributed by atoms with Gasteiger partial charge in [-0.3, -0.25) is 4.79 Å². The second-order valence-electron chi connectivity index (χ2n) is 3.07. The van der Waals surface area contributed by atoms with Crippen molar-refractivity contribution in [3.05, 3.63) is 21.0 Å². The molecule has 0 aliphatic heterocycles. The predicted molar refractivity (Wildman–Crippen MR) is 43.8 cm³/mol. The quantitative estimate of drug-likeness (QED) is 0.517. The van der Waals surface area contributed by atoms with E-state index in [1.54, 1.807) is 4.98 Å². The Balaban J connectivity index is 3.00. The van der Waals surface area contributed by atoms with Crippen LogP contribution in [0.1, 0.15) is 6.92 Å². The number of nitrogens with zero attached hydrogens (tertiary/aromatic N) is 1. The molecule has 0 saturated heterocycles. The van der Waals surface area contributed by atoms with Crippen molar-refractivity contribution in [3.8, 4) is 0 Å². The van der Waals surface area contributed by atoms with Gasteiger partial charge in [0.15, 0.2) is 0 Å². The monoisotopic (exact) mass is 203 g/mol. The minimum atomic E-state index is -1.66. The van der Waals surface area contributed by atoms with E-state index in [1.807, 2.05) is 0 Å². The van der Waals surface area contributed by atoms with Gasteiger partial charge >= 0.3 is 17.4 Å². The fraction of sp³-hybridized carbons (Fsp3) is 0.500. The van der Waals surface area contributed by atoms with Gasteiger partial charge in [-0.1, -0.05) is 0 Å². The first-order chi connectivity index (χ1) is 6.33. The second-order valence-corrected chi connectivity index (χ2v) is 3.07. The lowest BCUT2D eigenvalue weighted by Crippen LogP contribution is -2.49. The van der Waals surface area contributed by atoms with Crippen molar-refractivity contribution in [2.45, 2.75) is 19.0 Å². The molecule has 0 bridgehead atoms. The number of H-pyrrole nitrogens is 1. The summed E-state index contributed by atoms with van der Waals surface area (Å²) >= 11 is 0. The Bertz CT molecular complexity index is 451. The van der Waals surface area contributed by atoms with Gasteiger partial charge in [-0.2, -0.15) is 0 Å². The third-order valence-electron chi connectivity index (χ3n) is 1.59. The maximum Gasteiger partial charge on any atom is 0.440 e. The lowest BCUT2D eigenvalue weighted by Gasteiger charge is -2.16. The fourth-order valence-corrected chi connectivity index (χ4v) is 0.784. The average Bonchev–Trinajstić information content (AvgIpc) is 2.29. The van der Waals surface area contributed by atoms with Crippen molar-refractivity contribution in [2.24, 2.45) is 5.73 Å². The molecule has 0 aromatic carbocycles. The number of hydrogen-bond donors (Lipinski definition) is 3. The molecule has 8 heteroatoms. The topological polar surface area (TPSA) is 131 Å². The maximum atomic E-state index is 10.9. The lowest BCUT2D eigenvalue weighted by molar-refractivity contribution is -0.143. The van der Waals surface area contributed by atoms with E-state index in [2.05, 4.69) is 4.52 Å². The summed E-state index contributed by atoms with van der Waals surface area (Å²) in [5, 5.41) is 8.63. The Hall–Kier alpha value is -1.83. The van der Waals surface area contributed by atoms with E-state index in [4.69, 9.17) is 10.8 Å². The van der Waals surface area contributed by atoms with E-state index in [0.29, 0.717) is 4.74 Å². The molecular weight excluding hydrogens is 194 g/mol. The summed E-state index contributed by atoms with van der Waals surface area (Å²) < 4.78 is 4.92. The van der Waals surface area contributed by atoms with Crippen molar-refractivity contribution in [1.82, 2.24) is 9.72 Å². The van der Waals surface area contributed by atoms with Crippen molar-refractivity contribution in [3.63, 3.8) is 0 Å². The third-order valence-corrected chi connectivity index (χ3v) is 1.59. The Morgan fingerprint density at radius 2 is 2.29 bits per heavy atom. The zero-order valence-electron chi connectivity index (χ0n) is 7.31. The molecule has 78 valence electrons. The largest absolute Gasteiger partial charge is 0.480 e. The summed E-state index contributed by atoms with van der Waals surface area (Å²) in [6.07, 6.45) is 0. The molecule has 0 fully saturated rings. The number of aliphatic carboxylic acids is 1. The Kier molecular flexibility index (Phi) is 2.30. The zero-order chi connectivity index (χ0) is 10.9. The highest BCUT2D eigenvalue weighted by Crippen LogP contribution is 2.00. The number of nitrogens with two attached hydrogens (primary N) is 1. The molecule has 1 rings (SSSR count). The molecule has 4 N–H and O–H groups in total. The fourth-order valence-electron chi connectivity index (χ4n) is 0.784. The minimum Gasteiger partial charge on any atom is -0.480 e. The lowest BCUT2D eigenvalue weighted by atomic mass is 10.1. The average molecular weight is 203 g/mol. The highest BCUT2D eigenvalue weighted by atomic mass is 16.5. The molecule has 0 unspecified atom stereocenters. The zero-order valence-corrected chi connectivity index (χ0v) is 7.31. The van der Waals surface area contributed by atoms with Crippen LogP contribution >= 0.6 is 0 Å². The van der Waals surface area contributed by atoms with Gasteiger partial charge < -0.3 is 15.4 Å². The van der Waals surface area contributed by atoms with Crippen molar-refractivity contribution in [1.29, 1.82) is 0 Å². The van der Waals surface area contributed by atoms with Gasteiger partial charge in [-0.05, 0) is 6.92 Å². The molecule has 8 nitrogen and oxygen atoms in total. The SMILES string of the molecule is C[C@](N)(Cn1oc(=O)[nH]c1=O)C(=O)O. The van der Waals surface area contributed by atoms with E-state index in [1.165, 1.54) is 6.92 Å². The normalized spacial score (nSPS) is 15.0. The van der Waals surface area contributed by atoms with E-state index in [9.17, 15) is 14.4 Å². The van der Waals surface area contributed by atoms with Gasteiger partial charge in [-0.25, -0.2) is 14.6 Å². The Morgan fingerprint density at radius 1 is 1.71 bits per heavy atom. The number of carboxylic acids is 1. The number of aromatic nitrogens is 2. The second kappa shape index (κ2) is 3.14. The number of nitrogens with one attached hydrogen (secondary N) is 1. The first-order valence-corrected chi connectivity index (χ1v) is 3.65. The predicted octanol–water partition coefficient (Wildman–Crippen LogP) is -2.07. The van der Waals surface area contributed by atoms with Crippen molar-refractivity contribution >= 4 is 5.97 Å². The Morgan fingerprint density at radius 3 is 2.64 bits per heavy atom. The van der Waals surface area contributed by atoms with Crippen molar-refractivity contribution < 1.29 is 14.4 Å². The van der Waals surface area contributed by atoms with Crippen LogP contribution in [-0.2, 0) is 11.3 Å². The molecule has 1 aromatic heterocycles. The molecule has 0 radical (unpaired) electrons. The summed E-state index contributed by atoms with van der Waals surface area (Å²) in [5.41, 5.74) is 2.84. The maximum absolute atomic E-state index is 10.9. The van der Waals surface area contributed by atoms with Crippen LogP contribution < -0.4 is 17.2 Å². The van der Waals surface area contributed by atoms with E-state index < -0.39 is 29.5 Å². The van der Waals surface area contributed by atoms with Crippen LogP contribution in [0.2, 0.25) is 0 Å². The molecule has 0 aliphatic rings. The van der Waals surface area contributed by atoms with Crippen LogP contribution in [0, 0.1) is 0 Å². The molecule has 0 saturated carbocycles. The van der Waals surface area contributed by atoms with Crippen LogP contribution in [0.15, 0.2) is 14.1 Å².